The van der Waals surface area contributed by atoms with Crippen LogP contribution in [0.4, 0.5) is 0 Å². The standard InChI is InChI=1S/C15H19NO5S/c1-20-12-4-6-13(7-5-12)22(18,19)16-10-11-21-14(17)15(16)8-2-3-9-15/h4-7H,2-3,8-11H2,1H3. The van der Waals surface area contributed by atoms with E-state index in [1.807, 2.05) is 0 Å². The van der Waals surface area contributed by atoms with Crippen molar-refractivity contribution in [3.05, 3.63) is 24.3 Å². The lowest BCUT2D eigenvalue weighted by atomic mass is 9.97. The fourth-order valence-corrected chi connectivity index (χ4v) is 5.08. The molecule has 1 spiro atoms. The zero-order chi connectivity index (χ0) is 15.8. The second-order valence-corrected chi connectivity index (χ2v) is 7.49. The summed E-state index contributed by atoms with van der Waals surface area (Å²) in [5.74, 6) is 0.181. The van der Waals surface area contributed by atoms with Gasteiger partial charge in [-0.1, -0.05) is 12.8 Å². The maximum atomic E-state index is 13.0. The second-order valence-electron chi connectivity index (χ2n) is 5.63. The molecule has 22 heavy (non-hydrogen) atoms. The molecule has 2 fully saturated rings. The van der Waals surface area contributed by atoms with Gasteiger partial charge in [0, 0.05) is 6.54 Å². The van der Waals surface area contributed by atoms with E-state index in [0.29, 0.717) is 18.6 Å². The fraction of sp³-hybridized carbons (Fsp3) is 0.533. The van der Waals surface area contributed by atoms with Crippen molar-refractivity contribution in [2.24, 2.45) is 0 Å². The van der Waals surface area contributed by atoms with E-state index in [1.54, 1.807) is 12.1 Å². The van der Waals surface area contributed by atoms with Crippen molar-refractivity contribution < 1.29 is 22.7 Å². The minimum atomic E-state index is -3.73. The van der Waals surface area contributed by atoms with Crippen molar-refractivity contribution in [1.29, 1.82) is 0 Å². The Kier molecular flexibility index (Phi) is 3.86. The van der Waals surface area contributed by atoms with Crippen molar-refractivity contribution in [2.45, 2.75) is 36.1 Å². The average molecular weight is 325 g/mol. The van der Waals surface area contributed by atoms with Crippen LogP contribution in [0.25, 0.3) is 0 Å². The van der Waals surface area contributed by atoms with Crippen LogP contribution in [0.2, 0.25) is 0 Å². The minimum absolute atomic E-state index is 0.107. The first-order valence-electron chi connectivity index (χ1n) is 7.35. The molecule has 1 aliphatic heterocycles. The molecule has 1 aromatic rings. The Labute approximate surface area is 130 Å². The minimum Gasteiger partial charge on any atom is -0.497 e. The molecule has 1 saturated carbocycles. The number of benzene rings is 1. The first-order chi connectivity index (χ1) is 10.5. The third-order valence-corrected chi connectivity index (χ3v) is 6.44. The molecule has 0 atom stereocenters. The van der Waals surface area contributed by atoms with Crippen LogP contribution in [-0.2, 0) is 19.6 Å². The van der Waals surface area contributed by atoms with Gasteiger partial charge < -0.3 is 9.47 Å². The molecular formula is C15H19NO5S. The highest BCUT2D eigenvalue weighted by molar-refractivity contribution is 7.89. The molecule has 1 saturated heterocycles. The van der Waals surface area contributed by atoms with E-state index in [2.05, 4.69) is 0 Å². The monoisotopic (exact) mass is 325 g/mol. The normalized spacial score (nSPS) is 21.8. The SMILES string of the molecule is COc1ccc(S(=O)(=O)N2CCOC(=O)C23CCCC3)cc1. The summed E-state index contributed by atoms with van der Waals surface area (Å²) < 4.78 is 37.5. The van der Waals surface area contributed by atoms with Crippen molar-refractivity contribution in [3.8, 4) is 5.75 Å². The number of rotatable bonds is 3. The fourth-order valence-electron chi connectivity index (χ4n) is 3.31. The van der Waals surface area contributed by atoms with E-state index in [9.17, 15) is 13.2 Å². The number of methoxy groups -OCH3 is 1. The Morgan fingerprint density at radius 2 is 1.82 bits per heavy atom. The van der Waals surface area contributed by atoms with E-state index < -0.39 is 21.5 Å². The molecule has 0 unspecified atom stereocenters. The van der Waals surface area contributed by atoms with Gasteiger partial charge in [0.1, 0.15) is 17.9 Å². The summed E-state index contributed by atoms with van der Waals surface area (Å²) in [6, 6.07) is 6.24. The lowest BCUT2D eigenvalue weighted by molar-refractivity contribution is -0.162. The number of hydrogen-bond donors (Lipinski definition) is 0. The number of hydrogen-bond acceptors (Lipinski definition) is 5. The van der Waals surface area contributed by atoms with Gasteiger partial charge in [-0.25, -0.2) is 8.42 Å². The molecular weight excluding hydrogens is 306 g/mol. The molecule has 0 radical (unpaired) electrons. The highest BCUT2D eigenvalue weighted by Crippen LogP contribution is 2.41. The Hall–Kier alpha value is -1.60. The summed E-state index contributed by atoms with van der Waals surface area (Å²) in [7, 11) is -2.21. The Morgan fingerprint density at radius 3 is 2.41 bits per heavy atom. The number of carbonyl (C=O) groups excluding carboxylic acids is 1. The lowest BCUT2D eigenvalue weighted by Gasteiger charge is -2.41. The number of cyclic esters (lactones) is 1. The smallest absolute Gasteiger partial charge is 0.327 e. The van der Waals surface area contributed by atoms with E-state index in [4.69, 9.17) is 9.47 Å². The average Bonchev–Trinajstić information content (AvgIpc) is 3.00. The molecule has 6 nitrogen and oxygen atoms in total. The number of esters is 1. The van der Waals surface area contributed by atoms with Gasteiger partial charge in [-0.15, -0.1) is 0 Å². The molecule has 0 N–H and O–H groups in total. The number of carbonyl (C=O) groups is 1. The molecule has 2 aliphatic rings. The van der Waals surface area contributed by atoms with Gasteiger partial charge in [0.25, 0.3) is 0 Å². The summed E-state index contributed by atoms with van der Waals surface area (Å²) >= 11 is 0. The van der Waals surface area contributed by atoms with Crippen molar-refractivity contribution in [3.63, 3.8) is 0 Å². The molecule has 1 aliphatic carbocycles. The molecule has 1 heterocycles. The van der Waals surface area contributed by atoms with Crippen LogP contribution in [0, 0.1) is 0 Å². The van der Waals surface area contributed by atoms with Gasteiger partial charge in [-0.2, -0.15) is 4.31 Å². The maximum absolute atomic E-state index is 13.0. The maximum Gasteiger partial charge on any atom is 0.327 e. The first kappa shape index (κ1) is 15.3. The Morgan fingerprint density at radius 1 is 1.18 bits per heavy atom. The van der Waals surface area contributed by atoms with Crippen LogP contribution in [0.3, 0.4) is 0 Å². The van der Waals surface area contributed by atoms with Gasteiger partial charge in [0.2, 0.25) is 10.0 Å². The van der Waals surface area contributed by atoms with Gasteiger partial charge in [0.05, 0.1) is 12.0 Å². The van der Waals surface area contributed by atoms with E-state index in [1.165, 1.54) is 23.5 Å². The predicted octanol–water partition coefficient (Wildman–Crippen LogP) is 1.56. The van der Waals surface area contributed by atoms with Crippen LogP contribution < -0.4 is 4.74 Å². The molecule has 0 bridgehead atoms. The Bertz CT molecular complexity index is 662. The summed E-state index contributed by atoms with van der Waals surface area (Å²) in [6.45, 7) is 0.316. The van der Waals surface area contributed by atoms with E-state index >= 15 is 0 Å². The quantitative estimate of drug-likeness (QED) is 0.789. The van der Waals surface area contributed by atoms with Gasteiger partial charge in [0.15, 0.2) is 0 Å². The third-order valence-electron chi connectivity index (χ3n) is 4.46. The molecule has 7 heteroatoms. The number of ether oxygens (including phenoxy) is 2. The van der Waals surface area contributed by atoms with Crippen LogP contribution >= 0.6 is 0 Å². The second kappa shape index (κ2) is 5.55. The Balaban J connectivity index is 2.00. The predicted molar refractivity (Wildman–Crippen MR) is 79.0 cm³/mol. The summed E-state index contributed by atoms with van der Waals surface area (Å²) in [5.41, 5.74) is -1.02. The van der Waals surface area contributed by atoms with Gasteiger partial charge in [-0.05, 0) is 37.1 Å². The van der Waals surface area contributed by atoms with Gasteiger partial charge in [-0.3, -0.25) is 4.79 Å². The molecule has 120 valence electrons. The molecule has 0 aromatic heterocycles. The van der Waals surface area contributed by atoms with E-state index in [-0.39, 0.29) is 18.0 Å². The zero-order valence-corrected chi connectivity index (χ0v) is 13.3. The van der Waals surface area contributed by atoms with Crippen LogP contribution in [0.15, 0.2) is 29.2 Å². The topological polar surface area (TPSA) is 72.9 Å². The van der Waals surface area contributed by atoms with Gasteiger partial charge >= 0.3 is 5.97 Å². The van der Waals surface area contributed by atoms with Crippen molar-refractivity contribution >= 4 is 16.0 Å². The molecule has 1 aromatic carbocycles. The third kappa shape index (κ3) is 2.28. The number of sulfonamides is 1. The van der Waals surface area contributed by atoms with Crippen molar-refractivity contribution in [1.82, 2.24) is 4.31 Å². The van der Waals surface area contributed by atoms with Crippen LogP contribution in [0.1, 0.15) is 25.7 Å². The van der Waals surface area contributed by atoms with Crippen molar-refractivity contribution in [2.75, 3.05) is 20.3 Å². The zero-order valence-electron chi connectivity index (χ0n) is 12.4. The highest BCUT2D eigenvalue weighted by Gasteiger charge is 2.54. The number of morpholine rings is 1. The summed E-state index contributed by atoms with van der Waals surface area (Å²) in [6.07, 6.45) is 2.73. The highest BCUT2D eigenvalue weighted by atomic mass is 32.2. The van der Waals surface area contributed by atoms with Crippen LogP contribution in [-0.4, -0.2) is 44.5 Å². The largest absolute Gasteiger partial charge is 0.497 e. The lowest BCUT2D eigenvalue weighted by Crippen LogP contribution is -2.60. The summed E-state index contributed by atoms with van der Waals surface area (Å²) in [4.78, 5) is 12.4. The molecule has 3 rings (SSSR count). The summed E-state index contributed by atoms with van der Waals surface area (Å²) in [5, 5.41) is 0. The van der Waals surface area contributed by atoms with E-state index in [0.717, 1.165) is 12.8 Å². The molecule has 0 amide bonds. The number of nitrogens with zero attached hydrogens (tertiary/aromatic N) is 1. The van der Waals surface area contributed by atoms with Crippen LogP contribution in [0.5, 0.6) is 5.75 Å². The first-order valence-corrected chi connectivity index (χ1v) is 8.79.